The minimum atomic E-state index is -0.108. The standard InChI is InChI=1S/C15H25N3O3/c1-18(8-4-3-5-9-19)11-15(20)17-13-10-12(16)6-7-14(13)21-2/h6-7,10,19H,3-5,8-9,11,16H2,1-2H3,(H,17,20). The van der Waals surface area contributed by atoms with Crippen LogP contribution in [0.3, 0.4) is 0 Å². The molecular formula is C15H25N3O3. The number of aliphatic hydroxyl groups is 1. The highest BCUT2D eigenvalue weighted by molar-refractivity contribution is 5.94. The fourth-order valence-electron chi connectivity index (χ4n) is 2.01. The van der Waals surface area contributed by atoms with Crippen LogP contribution in [0.25, 0.3) is 0 Å². The molecule has 0 aromatic heterocycles. The van der Waals surface area contributed by atoms with Crippen LogP contribution in [0, 0.1) is 0 Å². The van der Waals surface area contributed by atoms with Gasteiger partial charge in [-0.25, -0.2) is 0 Å². The van der Waals surface area contributed by atoms with Gasteiger partial charge in [-0.2, -0.15) is 0 Å². The number of anilines is 2. The summed E-state index contributed by atoms with van der Waals surface area (Å²) in [7, 11) is 3.45. The molecule has 0 aliphatic heterocycles. The predicted octanol–water partition coefficient (Wildman–Crippen LogP) is 1.31. The lowest BCUT2D eigenvalue weighted by Crippen LogP contribution is -2.31. The van der Waals surface area contributed by atoms with Gasteiger partial charge in [-0.15, -0.1) is 0 Å². The molecular weight excluding hydrogens is 270 g/mol. The average Bonchev–Trinajstić information content (AvgIpc) is 2.43. The summed E-state index contributed by atoms with van der Waals surface area (Å²) in [5.74, 6) is 0.478. The van der Waals surface area contributed by atoms with Gasteiger partial charge < -0.3 is 20.9 Å². The van der Waals surface area contributed by atoms with Gasteiger partial charge in [-0.05, 0) is 51.1 Å². The van der Waals surface area contributed by atoms with Crippen LogP contribution in [0.15, 0.2) is 18.2 Å². The number of nitrogens with two attached hydrogens (primary N) is 1. The van der Waals surface area contributed by atoms with Gasteiger partial charge in [-0.1, -0.05) is 0 Å². The molecule has 0 radical (unpaired) electrons. The number of nitrogens with zero attached hydrogens (tertiary/aromatic N) is 1. The summed E-state index contributed by atoms with van der Waals surface area (Å²) < 4.78 is 5.19. The number of rotatable bonds is 9. The summed E-state index contributed by atoms with van der Waals surface area (Å²) in [6.07, 6.45) is 2.73. The lowest BCUT2D eigenvalue weighted by Gasteiger charge is -2.17. The number of hydrogen-bond donors (Lipinski definition) is 3. The predicted molar refractivity (Wildman–Crippen MR) is 84.5 cm³/mol. The largest absolute Gasteiger partial charge is 0.495 e. The maximum atomic E-state index is 12.0. The van der Waals surface area contributed by atoms with Crippen molar-refractivity contribution in [1.82, 2.24) is 4.90 Å². The number of carbonyl (C=O) groups is 1. The van der Waals surface area contributed by atoms with Crippen molar-refractivity contribution in [3.63, 3.8) is 0 Å². The Morgan fingerprint density at radius 1 is 1.38 bits per heavy atom. The van der Waals surface area contributed by atoms with Gasteiger partial charge in [0, 0.05) is 12.3 Å². The van der Waals surface area contributed by atoms with Crippen LogP contribution in [0.5, 0.6) is 5.75 Å². The molecule has 0 saturated heterocycles. The Balaban J connectivity index is 2.44. The average molecular weight is 295 g/mol. The molecule has 6 heteroatoms. The van der Waals surface area contributed by atoms with Crippen molar-refractivity contribution in [2.45, 2.75) is 19.3 Å². The molecule has 1 amide bonds. The van der Waals surface area contributed by atoms with Gasteiger partial charge in [0.1, 0.15) is 5.75 Å². The molecule has 1 aromatic rings. The van der Waals surface area contributed by atoms with Crippen LogP contribution in [0.4, 0.5) is 11.4 Å². The quantitative estimate of drug-likeness (QED) is 0.472. The van der Waals surface area contributed by atoms with Gasteiger partial charge in [0.25, 0.3) is 0 Å². The van der Waals surface area contributed by atoms with Crippen molar-refractivity contribution in [2.75, 3.05) is 44.9 Å². The van der Waals surface area contributed by atoms with E-state index in [1.807, 2.05) is 11.9 Å². The number of nitrogen functional groups attached to an aromatic ring is 1. The van der Waals surface area contributed by atoms with Gasteiger partial charge >= 0.3 is 0 Å². The Hall–Kier alpha value is -1.79. The van der Waals surface area contributed by atoms with Crippen LogP contribution < -0.4 is 15.8 Å². The molecule has 0 aliphatic rings. The fourth-order valence-corrected chi connectivity index (χ4v) is 2.01. The Bertz CT molecular complexity index is 452. The van der Waals surface area contributed by atoms with Crippen LogP contribution in [-0.2, 0) is 4.79 Å². The molecule has 6 nitrogen and oxygen atoms in total. The normalized spacial score (nSPS) is 10.7. The molecule has 4 N–H and O–H groups in total. The smallest absolute Gasteiger partial charge is 0.238 e. The monoisotopic (exact) mass is 295 g/mol. The molecule has 0 heterocycles. The number of amides is 1. The molecule has 0 bridgehead atoms. The summed E-state index contributed by atoms with van der Waals surface area (Å²) in [5, 5.41) is 11.5. The van der Waals surface area contributed by atoms with Crippen molar-refractivity contribution in [3.8, 4) is 5.75 Å². The number of unbranched alkanes of at least 4 members (excludes halogenated alkanes) is 2. The second-order valence-electron chi connectivity index (χ2n) is 5.03. The first-order valence-corrected chi connectivity index (χ1v) is 7.09. The molecule has 0 unspecified atom stereocenters. The highest BCUT2D eigenvalue weighted by Crippen LogP contribution is 2.26. The number of nitrogens with one attached hydrogen (secondary N) is 1. The van der Waals surface area contributed by atoms with Crippen LogP contribution in [0.1, 0.15) is 19.3 Å². The van der Waals surface area contributed by atoms with Gasteiger partial charge in [-0.3, -0.25) is 9.69 Å². The molecule has 0 fully saturated rings. The second kappa shape index (κ2) is 9.20. The van der Waals surface area contributed by atoms with E-state index in [0.717, 1.165) is 25.8 Å². The number of carbonyl (C=O) groups excluding carboxylic acids is 1. The van der Waals surface area contributed by atoms with Gasteiger partial charge in [0.2, 0.25) is 5.91 Å². The summed E-state index contributed by atoms with van der Waals surface area (Å²) in [4.78, 5) is 14.0. The first kappa shape index (κ1) is 17.3. The number of aliphatic hydroxyl groups excluding tert-OH is 1. The minimum absolute atomic E-state index is 0.108. The van der Waals surface area contributed by atoms with E-state index in [9.17, 15) is 4.79 Å². The topological polar surface area (TPSA) is 87.8 Å². The van der Waals surface area contributed by atoms with E-state index in [0.29, 0.717) is 23.7 Å². The van der Waals surface area contributed by atoms with Crippen molar-refractivity contribution in [2.24, 2.45) is 0 Å². The molecule has 0 atom stereocenters. The number of hydrogen-bond acceptors (Lipinski definition) is 5. The zero-order valence-electron chi connectivity index (χ0n) is 12.8. The van der Waals surface area contributed by atoms with Crippen molar-refractivity contribution < 1.29 is 14.6 Å². The summed E-state index contributed by atoms with van der Waals surface area (Å²) in [5.41, 5.74) is 6.87. The Kier molecular flexibility index (Phi) is 7.56. The second-order valence-corrected chi connectivity index (χ2v) is 5.03. The summed E-state index contributed by atoms with van der Waals surface area (Å²) in [6.45, 7) is 1.35. The van der Waals surface area contributed by atoms with E-state index in [2.05, 4.69) is 5.32 Å². The van der Waals surface area contributed by atoms with Gasteiger partial charge in [0.05, 0.1) is 19.3 Å². The van der Waals surface area contributed by atoms with Crippen LogP contribution in [-0.4, -0.2) is 49.8 Å². The Morgan fingerprint density at radius 2 is 2.14 bits per heavy atom. The number of likely N-dealkylation sites (N-methyl/N-ethyl adjacent to an activating group) is 1. The third kappa shape index (κ3) is 6.46. The molecule has 21 heavy (non-hydrogen) atoms. The lowest BCUT2D eigenvalue weighted by atomic mass is 10.2. The third-order valence-corrected chi connectivity index (χ3v) is 3.11. The Labute approximate surface area is 125 Å². The van der Waals surface area contributed by atoms with Crippen LogP contribution in [0.2, 0.25) is 0 Å². The van der Waals surface area contributed by atoms with Gasteiger partial charge in [0.15, 0.2) is 0 Å². The van der Waals surface area contributed by atoms with Crippen molar-refractivity contribution >= 4 is 17.3 Å². The third-order valence-electron chi connectivity index (χ3n) is 3.11. The number of ether oxygens (including phenoxy) is 1. The maximum Gasteiger partial charge on any atom is 0.238 e. The van der Waals surface area contributed by atoms with E-state index < -0.39 is 0 Å². The molecule has 118 valence electrons. The Morgan fingerprint density at radius 3 is 2.81 bits per heavy atom. The van der Waals surface area contributed by atoms with E-state index in [1.165, 1.54) is 0 Å². The molecule has 0 spiro atoms. The highest BCUT2D eigenvalue weighted by Gasteiger charge is 2.10. The summed E-state index contributed by atoms with van der Waals surface area (Å²) in [6, 6.07) is 5.13. The van der Waals surface area contributed by atoms with E-state index in [4.69, 9.17) is 15.6 Å². The van der Waals surface area contributed by atoms with E-state index >= 15 is 0 Å². The number of benzene rings is 1. The molecule has 0 aliphatic carbocycles. The van der Waals surface area contributed by atoms with E-state index in [-0.39, 0.29) is 12.5 Å². The molecule has 1 aromatic carbocycles. The van der Waals surface area contributed by atoms with E-state index in [1.54, 1.807) is 25.3 Å². The van der Waals surface area contributed by atoms with Crippen molar-refractivity contribution in [1.29, 1.82) is 0 Å². The maximum absolute atomic E-state index is 12.0. The fraction of sp³-hybridized carbons (Fsp3) is 0.533. The molecule has 0 saturated carbocycles. The first-order valence-electron chi connectivity index (χ1n) is 7.09. The minimum Gasteiger partial charge on any atom is -0.495 e. The zero-order chi connectivity index (χ0) is 15.7. The van der Waals surface area contributed by atoms with Crippen molar-refractivity contribution in [3.05, 3.63) is 18.2 Å². The van der Waals surface area contributed by atoms with Crippen LogP contribution >= 0.6 is 0 Å². The SMILES string of the molecule is COc1ccc(N)cc1NC(=O)CN(C)CCCCCO. The zero-order valence-corrected chi connectivity index (χ0v) is 12.8. The first-order chi connectivity index (χ1) is 10.1. The highest BCUT2D eigenvalue weighted by atomic mass is 16.5. The molecule has 1 rings (SSSR count). The summed E-state index contributed by atoms with van der Waals surface area (Å²) >= 11 is 0. The number of methoxy groups -OCH3 is 1. The lowest BCUT2D eigenvalue weighted by molar-refractivity contribution is -0.117.